The van der Waals surface area contributed by atoms with Crippen LogP contribution < -0.4 is 0 Å². The van der Waals surface area contributed by atoms with Crippen LogP contribution in [0.2, 0.25) is 0 Å². The summed E-state index contributed by atoms with van der Waals surface area (Å²) >= 11 is 1.46. The minimum absolute atomic E-state index is 0.116. The van der Waals surface area contributed by atoms with Crippen LogP contribution in [-0.2, 0) is 6.54 Å². The van der Waals surface area contributed by atoms with Crippen molar-refractivity contribution < 1.29 is 4.79 Å². The lowest BCUT2D eigenvalue weighted by Gasteiger charge is -2.12. The molecule has 3 rings (SSSR count). The van der Waals surface area contributed by atoms with Gasteiger partial charge in [0.05, 0.1) is 5.25 Å². The van der Waals surface area contributed by atoms with Gasteiger partial charge in [-0.25, -0.2) is 0 Å². The molecule has 0 saturated heterocycles. The molecular weight excluding hydrogens is 342 g/mol. The van der Waals surface area contributed by atoms with E-state index >= 15 is 0 Å². The van der Waals surface area contributed by atoms with Crippen LogP contribution in [0.4, 0.5) is 0 Å². The number of aromatic nitrogens is 3. The average Bonchev–Trinajstić information content (AvgIpc) is 3.06. The third-order valence-electron chi connectivity index (χ3n) is 4.51. The molecule has 4 nitrogen and oxygen atoms in total. The summed E-state index contributed by atoms with van der Waals surface area (Å²) in [6.07, 6.45) is 0. The first kappa shape index (κ1) is 18.4. The number of rotatable bonds is 6. The first-order valence-corrected chi connectivity index (χ1v) is 9.66. The summed E-state index contributed by atoms with van der Waals surface area (Å²) in [6.45, 7) is 8.83. The number of aryl methyl sites for hydroxylation is 2. The molecule has 3 aromatic rings. The van der Waals surface area contributed by atoms with Crippen molar-refractivity contribution in [1.29, 1.82) is 0 Å². The quantitative estimate of drug-likeness (QED) is 0.458. The SMILES string of the molecule is CCn1c(S[C@H](C)C(=O)c2ccc(C)c(C)c2)nnc1-c1ccccc1. The first-order chi connectivity index (χ1) is 12.5. The fourth-order valence-electron chi connectivity index (χ4n) is 2.80. The van der Waals surface area contributed by atoms with Gasteiger partial charge in [0.2, 0.25) is 0 Å². The van der Waals surface area contributed by atoms with E-state index in [1.54, 1.807) is 0 Å². The number of benzene rings is 2. The smallest absolute Gasteiger partial charge is 0.192 e. The van der Waals surface area contributed by atoms with Gasteiger partial charge in [-0.15, -0.1) is 10.2 Å². The molecular formula is C21H23N3OS. The third-order valence-corrected chi connectivity index (χ3v) is 5.59. The van der Waals surface area contributed by atoms with E-state index in [1.165, 1.54) is 17.3 Å². The maximum atomic E-state index is 12.8. The molecule has 0 fully saturated rings. The van der Waals surface area contributed by atoms with Crippen LogP contribution in [0.3, 0.4) is 0 Å². The van der Waals surface area contributed by atoms with Crippen molar-refractivity contribution in [2.45, 2.75) is 44.6 Å². The van der Waals surface area contributed by atoms with E-state index in [1.807, 2.05) is 62.4 Å². The summed E-state index contributed by atoms with van der Waals surface area (Å²) in [5.74, 6) is 0.950. The van der Waals surface area contributed by atoms with E-state index in [0.717, 1.165) is 34.2 Å². The van der Waals surface area contributed by atoms with Crippen molar-refractivity contribution in [2.24, 2.45) is 0 Å². The van der Waals surface area contributed by atoms with Crippen molar-refractivity contribution in [2.75, 3.05) is 0 Å². The van der Waals surface area contributed by atoms with E-state index in [2.05, 4.69) is 28.6 Å². The van der Waals surface area contributed by atoms with E-state index in [0.29, 0.717) is 0 Å². The van der Waals surface area contributed by atoms with Crippen LogP contribution in [0.5, 0.6) is 0 Å². The van der Waals surface area contributed by atoms with Gasteiger partial charge in [0.1, 0.15) is 0 Å². The van der Waals surface area contributed by atoms with Crippen LogP contribution in [-0.4, -0.2) is 25.8 Å². The zero-order valence-electron chi connectivity index (χ0n) is 15.6. The molecule has 0 aliphatic carbocycles. The van der Waals surface area contributed by atoms with Gasteiger partial charge in [-0.1, -0.05) is 54.2 Å². The summed E-state index contributed by atoms with van der Waals surface area (Å²) in [4.78, 5) is 12.8. The minimum atomic E-state index is -0.227. The highest BCUT2D eigenvalue weighted by atomic mass is 32.2. The van der Waals surface area contributed by atoms with Crippen molar-refractivity contribution >= 4 is 17.5 Å². The fourth-order valence-corrected chi connectivity index (χ4v) is 3.79. The highest BCUT2D eigenvalue weighted by molar-refractivity contribution is 8.00. The molecule has 0 aliphatic heterocycles. The van der Waals surface area contributed by atoms with E-state index in [4.69, 9.17) is 0 Å². The zero-order valence-corrected chi connectivity index (χ0v) is 16.4. The molecule has 1 aromatic heterocycles. The van der Waals surface area contributed by atoms with Crippen molar-refractivity contribution in [3.05, 3.63) is 65.2 Å². The summed E-state index contributed by atoms with van der Waals surface area (Å²) in [6, 6.07) is 15.9. The molecule has 0 aliphatic rings. The predicted molar refractivity (Wildman–Crippen MR) is 107 cm³/mol. The average molecular weight is 366 g/mol. The van der Waals surface area contributed by atoms with E-state index in [-0.39, 0.29) is 11.0 Å². The second-order valence-corrected chi connectivity index (χ2v) is 7.65. The molecule has 134 valence electrons. The van der Waals surface area contributed by atoms with Crippen LogP contribution in [0.25, 0.3) is 11.4 Å². The Morgan fingerprint density at radius 2 is 1.81 bits per heavy atom. The molecule has 5 heteroatoms. The highest BCUT2D eigenvalue weighted by Gasteiger charge is 2.21. The normalized spacial score (nSPS) is 12.2. The van der Waals surface area contributed by atoms with E-state index in [9.17, 15) is 4.79 Å². The Kier molecular flexibility index (Phi) is 5.57. The number of carbonyl (C=O) groups is 1. The number of nitrogens with zero attached hydrogens (tertiary/aromatic N) is 3. The van der Waals surface area contributed by atoms with Crippen LogP contribution in [0.1, 0.15) is 35.3 Å². The number of hydrogen-bond acceptors (Lipinski definition) is 4. The molecule has 0 bridgehead atoms. The molecule has 0 N–H and O–H groups in total. The van der Waals surface area contributed by atoms with Crippen LogP contribution in [0.15, 0.2) is 53.7 Å². The molecule has 1 atom stereocenters. The lowest BCUT2D eigenvalue weighted by molar-refractivity contribution is 0.0993. The Labute approximate surface area is 158 Å². The largest absolute Gasteiger partial charge is 0.302 e. The Hall–Kier alpha value is -2.40. The molecule has 0 spiro atoms. The second kappa shape index (κ2) is 7.87. The van der Waals surface area contributed by atoms with Gasteiger partial charge in [0, 0.05) is 17.7 Å². The molecule has 1 heterocycles. The topological polar surface area (TPSA) is 47.8 Å². The van der Waals surface area contributed by atoms with Gasteiger partial charge >= 0.3 is 0 Å². The number of hydrogen-bond donors (Lipinski definition) is 0. The maximum Gasteiger partial charge on any atom is 0.192 e. The van der Waals surface area contributed by atoms with Crippen LogP contribution in [0, 0.1) is 13.8 Å². The zero-order chi connectivity index (χ0) is 18.7. The lowest BCUT2D eigenvalue weighted by atomic mass is 10.0. The first-order valence-electron chi connectivity index (χ1n) is 8.78. The van der Waals surface area contributed by atoms with Crippen molar-refractivity contribution in [3.63, 3.8) is 0 Å². The summed E-state index contributed by atoms with van der Waals surface area (Å²) in [7, 11) is 0. The van der Waals surface area contributed by atoms with Gasteiger partial charge in [0.15, 0.2) is 16.8 Å². The summed E-state index contributed by atoms with van der Waals surface area (Å²) < 4.78 is 2.06. The van der Waals surface area contributed by atoms with E-state index < -0.39 is 0 Å². The Morgan fingerprint density at radius 1 is 1.08 bits per heavy atom. The predicted octanol–water partition coefficient (Wildman–Crippen LogP) is 4.95. The van der Waals surface area contributed by atoms with Gasteiger partial charge in [-0.2, -0.15) is 0 Å². The Balaban J connectivity index is 1.83. The van der Waals surface area contributed by atoms with Gasteiger partial charge in [-0.05, 0) is 44.9 Å². The molecule has 0 unspecified atom stereocenters. The van der Waals surface area contributed by atoms with Gasteiger partial charge in [0.25, 0.3) is 0 Å². The standard InChI is InChI=1S/C21H23N3OS/c1-5-24-20(17-9-7-6-8-10-17)22-23-21(24)26-16(4)19(25)18-12-11-14(2)15(3)13-18/h6-13,16H,5H2,1-4H3/t16-/m1/s1. The van der Waals surface area contributed by atoms with Crippen LogP contribution >= 0.6 is 11.8 Å². The number of thioether (sulfide) groups is 1. The molecule has 0 radical (unpaired) electrons. The monoisotopic (exact) mass is 365 g/mol. The lowest BCUT2D eigenvalue weighted by Crippen LogP contribution is -2.15. The molecule has 0 amide bonds. The van der Waals surface area contributed by atoms with Gasteiger partial charge in [-0.3, -0.25) is 4.79 Å². The third kappa shape index (κ3) is 3.73. The highest BCUT2D eigenvalue weighted by Crippen LogP contribution is 2.28. The van der Waals surface area contributed by atoms with Crippen molar-refractivity contribution in [3.8, 4) is 11.4 Å². The number of carbonyl (C=O) groups excluding carboxylic acids is 1. The molecule has 2 aromatic carbocycles. The minimum Gasteiger partial charge on any atom is -0.302 e. The summed E-state index contributed by atoms with van der Waals surface area (Å²) in [5, 5.41) is 9.23. The van der Waals surface area contributed by atoms with Crippen molar-refractivity contribution in [1.82, 2.24) is 14.8 Å². The Bertz CT molecular complexity index is 918. The number of Topliss-reactive ketones (excluding diaryl/α,β-unsaturated/α-hetero) is 1. The number of ketones is 1. The fraction of sp³-hybridized carbons (Fsp3) is 0.286. The molecule has 26 heavy (non-hydrogen) atoms. The van der Waals surface area contributed by atoms with Gasteiger partial charge < -0.3 is 4.57 Å². The second-order valence-electron chi connectivity index (χ2n) is 6.34. The summed E-state index contributed by atoms with van der Waals surface area (Å²) in [5.41, 5.74) is 4.11. The maximum absolute atomic E-state index is 12.8. The Morgan fingerprint density at radius 3 is 2.46 bits per heavy atom. The molecule has 0 saturated carbocycles.